The Balaban J connectivity index is 1.68. The van der Waals surface area contributed by atoms with Gasteiger partial charge in [-0.25, -0.2) is 13.4 Å². The van der Waals surface area contributed by atoms with E-state index in [1.165, 1.54) is 16.6 Å². The first-order chi connectivity index (χ1) is 14.6. The molecule has 0 unspecified atom stereocenters. The van der Waals surface area contributed by atoms with Gasteiger partial charge in [0.05, 0.1) is 22.7 Å². The van der Waals surface area contributed by atoms with Crippen LogP contribution in [0.5, 0.6) is 0 Å². The summed E-state index contributed by atoms with van der Waals surface area (Å²) in [6, 6.07) is 21.3. The number of benzene rings is 2. The Hall–Kier alpha value is -3.85. The van der Waals surface area contributed by atoms with Gasteiger partial charge in [0, 0.05) is 11.6 Å². The van der Waals surface area contributed by atoms with Crippen molar-refractivity contribution in [3.05, 3.63) is 84.7 Å². The third kappa shape index (κ3) is 3.05. The van der Waals surface area contributed by atoms with Crippen molar-refractivity contribution in [1.82, 2.24) is 24.8 Å². The van der Waals surface area contributed by atoms with E-state index < -0.39 is 9.84 Å². The number of fused-ring (bicyclic) bond motifs is 3. The molecule has 0 aliphatic heterocycles. The van der Waals surface area contributed by atoms with Crippen LogP contribution in [0.4, 0.5) is 5.82 Å². The predicted molar refractivity (Wildman–Crippen MR) is 112 cm³/mol. The normalized spacial score (nSPS) is 11.7. The monoisotopic (exact) mass is 416 g/mol. The Morgan fingerprint density at radius 3 is 2.47 bits per heavy atom. The van der Waals surface area contributed by atoms with E-state index in [0.29, 0.717) is 17.9 Å². The van der Waals surface area contributed by atoms with E-state index in [4.69, 9.17) is 0 Å². The van der Waals surface area contributed by atoms with E-state index in [0.717, 1.165) is 11.1 Å². The van der Waals surface area contributed by atoms with Crippen LogP contribution < -0.4 is 5.32 Å². The quantitative estimate of drug-likeness (QED) is 0.470. The number of sulfone groups is 1. The van der Waals surface area contributed by atoms with Gasteiger partial charge in [0.2, 0.25) is 14.9 Å². The molecule has 0 aliphatic rings. The molecule has 30 heavy (non-hydrogen) atoms. The molecule has 0 spiro atoms. The molecule has 0 fully saturated rings. The molecule has 0 atom stereocenters. The Kier molecular flexibility index (Phi) is 4.36. The summed E-state index contributed by atoms with van der Waals surface area (Å²) in [6.45, 7) is 0.441. The summed E-state index contributed by atoms with van der Waals surface area (Å²) < 4.78 is 27.8. The molecule has 9 heteroatoms. The maximum Gasteiger partial charge on any atom is 0.229 e. The lowest BCUT2D eigenvalue weighted by Crippen LogP contribution is -2.07. The van der Waals surface area contributed by atoms with Crippen molar-refractivity contribution < 1.29 is 8.42 Å². The first kappa shape index (κ1) is 18.2. The van der Waals surface area contributed by atoms with Gasteiger partial charge in [-0.15, -0.1) is 5.10 Å². The molecular weight excluding hydrogens is 400 g/mol. The molecule has 0 bridgehead atoms. The predicted octanol–water partition coefficient (Wildman–Crippen LogP) is 3.12. The van der Waals surface area contributed by atoms with Crippen molar-refractivity contribution in [3.63, 3.8) is 0 Å². The van der Waals surface area contributed by atoms with Crippen molar-refractivity contribution in [1.29, 1.82) is 0 Å². The molecule has 5 aromatic rings. The lowest BCUT2D eigenvalue weighted by molar-refractivity contribution is 0.592. The zero-order valence-electron chi connectivity index (χ0n) is 15.7. The average Bonchev–Trinajstić information content (AvgIpc) is 3.24. The van der Waals surface area contributed by atoms with Gasteiger partial charge in [0.15, 0.2) is 5.65 Å². The van der Waals surface area contributed by atoms with Gasteiger partial charge in [0.25, 0.3) is 0 Å². The van der Waals surface area contributed by atoms with E-state index >= 15 is 0 Å². The van der Waals surface area contributed by atoms with E-state index in [1.807, 2.05) is 42.5 Å². The third-order valence-electron chi connectivity index (χ3n) is 4.69. The molecule has 148 valence electrons. The van der Waals surface area contributed by atoms with Crippen LogP contribution in [-0.2, 0) is 16.4 Å². The maximum absolute atomic E-state index is 13.1. The van der Waals surface area contributed by atoms with Crippen molar-refractivity contribution in [2.45, 2.75) is 16.5 Å². The first-order valence-corrected chi connectivity index (χ1v) is 10.7. The Bertz CT molecular complexity index is 1450. The molecule has 0 saturated carbocycles. The standard InChI is InChI=1S/C21H16N6O2S/c28-30(29,16-9-2-1-3-10-16)21-20-24-19(23-14-15-8-6-7-13-22-15)17-11-4-5-12-18(17)27(20)26-25-21/h1-13H,14H2,(H,23,24). The molecule has 8 nitrogen and oxygen atoms in total. The number of nitrogens with zero attached hydrogens (tertiary/aromatic N) is 5. The smallest absolute Gasteiger partial charge is 0.229 e. The minimum absolute atomic E-state index is 0.144. The summed E-state index contributed by atoms with van der Waals surface area (Å²) >= 11 is 0. The second-order valence-electron chi connectivity index (χ2n) is 6.60. The largest absolute Gasteiger partial charge is 0.364 e. The number of aromatic nitrogens is 5. The first-order valence-electron chi connectivity index (χ1n) is 9.23. The highest BCUT2D eigenvalue weighted by Gasteiger charge is 2.26. The van der Waals surface area contributed by atoms with Crippen LogP contribution in [0.25, 0.3) is 16.6 Å². The Morgan fingerprint density at radius 2 is 1.67 bits per heavy atom. The molecule has 0 amide bonds. The SMILES string of the molecule is O=S(=O)(c1ccccc1)c1nnn2c1nc(NCc1ccccn1)c1ccccc12. The van der Waals surface area contributed by atoms with Crippen LogP contribution in [0.1, 0.15) is 5.69 Å². The van der Waals surface area contributed by atoms with E-state index in [-0.39, 0.29) is 15.6 Å². The summed E-state index contributed by atoms with van der Waals surface area (Å²) in [5.41, 5.74) is 1.71. The number of anilines is 1. The lowest BCUT2D eigenvalue weighted by Gasteiger charge is -2.10. The molecule has 3 aromatic heterocycles. The third-order valence-corrected chi connectivity index (χ3v) is 6.36. The van der Waals surface area contributed by atoms with Crippen molar-refractivity contribution in [3.8, 4) is 0 Å². The lowest BCUT2D eigenvalue weighted by atomic mass is 10.2. The van der Waals surface area contributed by atoms with Crippen molar-refractivity contribution in [2.75, 3.05) is 5.32 Å². The van der Waals surface area contributed by atoms with E-state index in [9.17, 15) is 8.42 Å². The highest BCUT2D eigenvalue weighted by Crippen LogP contribution is 2.28. The second-order valence-corrected chi connectivity index (χ2v) is 8.46. The fraction of sp³-hybridized carbons (Fsp3) is 0.0476. The van der Waals surface area contributed by atoms with Crippen LogP contribution in [0.3, 0.4) is 0 Å². The summed E-state index contributed by atoms with van der Waals surface area (Å²) in [6.07, 6.45) is 1.72. The highest BCUT2D eigenvalue weighted by molar-refractivity contribution is 7.91. The number of para-hydroxylation sites is 1. The number of nitrogens with one attached hydrogen (secondary N) is 1. The van der Waals surface area contributed by atoms with Gasteiger partial charge in [-0.3, -0.25) is 4.98 Å². The van der Waals surface area contributed by atoms with Gasteiger partial charge in [-0.05, 0) is 36.4 Å². The van der Waals surface area contributed by atoms with Crippen LogP contribution in [0.2, 0.25) is 0 Å². The molecule has 0 aliphatic carbocycles. The summed E-state index contributed by atoms with van der Waals surface area (Å²) in [7, 11) is -3.87. The van der Waals surface area contributed by atoms with Gasteiger partial charge in [-0.2, -0.15) is 4.52 Å². The summed E-state index contributed by atoms with van der Waals surface area (Å²) in [5.74, 6) is 0.538. The van der Waals surface area contributed by atoms with E-state index in [1.54, 1.807) is 24.4 Å². The van der Waals surface area contributed by atoms with Crippen LogP contribution in [0.15, 0.2) is 88.9 Å². The van der Waals surface area contributed by atoms with Gasteiger partial charge in [-0.1, -0.05) is 41.6 Å². The second kappa shape index (κ2) is 7.20. The Morgan fingerprint density at radius 1 is 0.900 bits per heavy atom. The summed E-state index contributed by atoms with van der Waals surface area (Å²) in [5, 5.41) is 11.9. The minimum Gasteiger partial charge on any atom is -0.364 e. The Labute approximate surface area is 172 Å². The van der Waals surface area contributed by atoms with Gasteiger partial charge < -0.3 is 5.32 Å². The molecule has 5 rings (SSSR count). The van der Waals surface area contributed by atoms with E-state index in [2.05, 4.69) is 25.6 Å². The molecular formula is C21H16N6O2S. The van der Waals surface area contributed by atoms with Crippen molar-refractivity contribution >= 4 is 32.2 Å². The van der Waals surface area contributed by atoms with Gasteiger partial charge in [0.1, 0.15) is 5.82 Å². The summed E-state index contributed by atoms with van der Waals surface area (Å²) in [4.78, 5) is 9.04. The van der Waals surface area contributed by atoms with Crippen LogP contribution in [0, 0.1) is 0 Å². The average molecular weight is 416 g/mol. The minimum atomic E-state index is -3.87. The molecule has 0 radical (unpaired) electrons. The number of rotatable bonds is 5. The number of hydrogen-bond acceptors (Lipinski definition) is 7. The highest BCUT2D eigenvalue weighted by atomic mass is 32.2. The molecule has 1 N–H and O–H groups in total. The number of hydrogen-bond donors (Lipinski definition) is 1. The van der Waals surface area contributed by atoms with Crippen LogP contribution in [-0.4, -0.2) is 33.2 Å². The van der Waals surface area contributed by atoms with Gasteiger partial charge >= 0.3 is 0 Å². The fourth-order valence-corrected chi connectivity index (χ4v) is 4.50. The number of pyridine rings is 1. The zero-order chi connectivity index (χ0) is 20.6. The molecule has 3 heterocycles. The topological polar surface area (TPSA) is 102 Å². The fourth-order valence-electron chi connectivity index (χ4n) is 3.24. The molecule has 0 saturated heterocycles. The maximum atomic E-state index is 13.1. The van der Waals surface area contributed by atoms with Crippen LogP contribution >= 0.6 is 0 Å². The zero-order valence-corrected chi connectivity index (χ0v) is 16.5. The molecule has 2 aromatic carbocycles. The van der Waals surface area contributed by atoms with Crippen molar-refractivity contribution in [2.24, 2.45) is 0 Å².